The number of ether oxygens (including phenoxy) is 1. The van der Waals surface area contributed by atoms with Crippen LogP contribution in [0.1, 0.15) is 21.3 Å². The summed E-state index contributed by atoms with van der Waals surface area (Å²) in [5, 5.41) is 29.9. The number of hydrogen-bond donors (Lipinski definition) is 4. The van der Waals surface area contributed by atoms with Crippen LogP contribution in [0.2, 0.25) is 0 Å². The third kappa shape index (κ3) is 2.20. The van der Waals surface area contributed by atoms with Crippen molar-refractivity contribution >= 4 is 17.2 Å². The molecule has 0 aliphatic carbocycles. The highest BCUT2D eigenvalue weighted by Gasteiger charge is 2.43. The molecule has 2 heterocycles. The second kappa shape index (κ2) is 4.71. The van der Waals surface area contributed by atoms with Crippen molar-refractivity contribution in [1.29, 1.82) is 0 Å². The third-order valence-electron chi connectivity index (χ3n) is 2.73. The Hall–Kier alpha value is -0.990. The Bertz CT molecular complexity index is 421. The molecule has 6 nitrogen and oxygen atoms in total. The first-order valence-electron chi connectivity index (χ1n) is 5.05. The van der Waals surface area contributed by atoms with E-state index >= 15 is 0 Å². The number of rotatable bonds is 3. The summed E-state index contributed by atoms with van der Waals surface area (Å²) in [6.45, 7) is -0.372. The van der Waals surface area contributed by atoms with Gasteiger partial charge >= 0.3 is 0 Å². The van der Waals surface area contributed by atoms with Crippen LogP contribution < -0.4 is 5.73 Å². The van der Waals surface area contributed by atoms with Gasteiger partial charge in [-0.15, -0.1) is 11.3 Å². The monoisotopic (exact) mass is 259 g/mol. The van der Waals surface area contributed by atoms with Crippen LogP contribution in [-0.2, 0) is 4.74 Å². The maximum Gasteiger partial charge on any atom is 0.249 e. The number of carbonyl (C=O) groups is 1. The van der Waals surface area contributed by atoms with Crippen LogP contribution in [0.4, 0.5) is 0 Å². The molecule has 1 aliphatic rings. The van der Waals surface area contributed by atoms with Crippen LogP contribution in [0.15, 0.2) is 11.4 Å². The average molecular weight is 259 g/mol. The van der Waals surface area contributed by atoms with E-state index in [1.54, 1.807) is 5.38 Å². The number of primary amides is 1. The Morgan fingerprint density at radius 1 is 1.47 bits per heavy atom. The maximum atomic E-state index is 10.9. The van der Waals surface area contributed by atoms with Gasteiger partial charge in [-0.3, -0.25) is 4.79 Å². The number of carbonyl (C=O) groups excluding carboxylic acids is 1. The van der Waals surface area contributed by atoms with E-state index in [4.69, 9.17) is 15.6 Å². The van der Waals surface area contributed by atoms with Gasteiger partial charge in [0.25, 0.3) is 0 Å². The molecule has 0 unspecified atom stereocenters. The Balaban J connectivity index is 2.19. The second-order valence-electron chi connectivity index (χ2n) is 3.86. The highest BCUT2D eigenvalue weighted by atomic mass is 32.1. The molecule has 1 aromatic heterocycles. The van der Waals surface area contributed by atoms with Crippen molar-refractivity contribution in [2.24, 2.45) is 5.73 Å². The highest BCUT2D eigenvalue weighted by molar-refractivity contribution is 7.10. The quantitative estimate of drug-likeness (QED) is 0.556. The van der Waals surface area contributed by atoms with Gasteiger partial charge in [0.1, 0.15) is 24.4 Å². The number of nitrogens with two attached hydrogens (primary N) is 1. The van der Waals surface area contributed by atoms with E-state index in [9.17, 15) is 15.0 Å². The molecule has 1 amide bonds. The minimum atomic E-state index is -1.14. The SMILES string of the molecule is NC(=O)c1csc([C@@H]2O[C@H](CO)[C@@H](O)[C@H]2O)c1. The van der Waals surface area contributed by atoms with Crippen molar-refractivity contribution in [2.75, 3.05) is 6.61 Å². The molecule has 1 aliphatic heterocycles. The Labute approximate surface area is 101 Å². The molecule has 2 rings (SSSR count). The number of aliphatic hydroxyl groups excluding tert-OH is 3. The Morgan fingerprint density at radius 3 is 2.65 bits per heavy atom. The topological polar surface area (TPSA) is 113 Å². The van der Waals surface area contributed by atoms with Crippen LogP contribution >= 0.6 is 11.3 Å². The van der Waals surface area contributed by atoms with Crippen LogP contribution in [0.3, 0.4) is 0 Å². The normalized spacial score (nSPS) is 32.9. The summed E-state index contributed by atoms with van der Waals surface area (Å²) in [6, 6.07) is 1.52. The van der Waals surface area contributed by atoms with Crippen LogP contribution in [0.25, 0.3) is 0 Å². The summed E-state index contributed by atoms with van der Waals surface area (Å²) >= 11 is 1.21. The van der Waals surface area contributed by atoms with Crippen molar-refractivity contribution in [1.82, 2.24) is 0 Å². The molecule has 0 bridgehead atoms. The van der Waals surface area contributed by atoms with E-state index in [1.807, 2.05) is 0 Å². The van der Waals surface area contributed by atoms with E-state index in [0.717, 1.165) is 0 Å². The minimum Gasteiger partial charge on any atom is -0.394 e. The summed E-state index contributed by atoms with van der Waals surface area (Å²) < 4.78 is 5.32. The lowest BCUT2D eigenvalue weighted by molar-refractivity contribution is -0.0217. The third-order valence-corrected chi connectivity index (χ3v) is 3.72. The van der Waals surface area contributed by atoms with Gasteiger partial charge in [0.15, 0.2) is 0 Å². The molecule has 5 N–H and O–H groups in total. The van der Waals surface area contributed by atoms with E-state index < -0.39 is 30.3 Å². The fourth-order valence-corrected chi connectivity index (χ4v) is 2.74. The van der Waals surface area contributed by atoms with Crippen LogP contribution in [0.5, 0.6) is 0 Å². The van der Waals surface area contributed by atoms with Gasteiger partial charge in [-0.2, -0.15) is 0 Å². The van der Waals surface area contributed by atoms with Crippen molar-refractivity contribution in [2.45, 2.75) is 24.4 Å². The van der Waals surface area contributed by atoms with Gasteiger partial charge in [-0.1, -0.05) is 0 Å². The fraction of sp³-hybridized carbons (Fsp3) is 0.500. The van der Waals surface area contributed by atoms with Gasteiger partial charge in [-0.05, 0) is 6.07 Å². The number of thiophene rings is 1. The first-order valence-corrected chi connectivity index (χ1v) is 5.93. The zero-order valence-corrected chi connectivity index (χ0v) is 9.63. The number of amides is 1. The van der Waals surface area contributed by atoms with E-state index in [0.29, 0.717) is 10.4 Å². The van der Waals surface area contributed by atoms with Gasteiger partial charge < -0.3 is 25.8 Å². The molecular formula is C10H13NO5S. The molecule has 94 valence electrons. The molecule has 4 atom stereocenters. The molecule has 0 saturated carbocycles. The summed E-state index contributed by atoms with van der Waals surface area (Å²) in [5.41, 5.74) is 5.45. The lowest BCUT2D eigenvalue weighted by Crippen LogP contribution is -2.32. The van der Waals surface area contributed by atoms with E-state index in [1.165, 1.54) is 17.4 Å². The van der Waals surface area contributed by atoms with Gasteiger partial charge in [0, 0.05) is 10.3 Å². The van der Waals surface area contributed by atoms with Gasteiger partial charge in [-0.25, -0.2) is 0 Å². The van der Waals surface area contributed by atoms with Crippen molar-refractivity contribution in [3.8, 4) is 0 Å². The fourth-order valence-electron chi connectivity index (χ4n) is 1.77. The van der Waals surface area contributed by atoms with Crippen molar-refractivity contribution in [3.05, 3.63) is 21.9 Å². The molecule has 0 spiro atoms. The maximum absolute atomic E-state index is 10.9. The molecule has 1 aromatic rings. The predicted octanol–water partition coefficient (Wildman–Crippen LogP) is -0.999. The lowest BCUT2D eigenvalue weighted by Gasteiger charge is -2.12. The highest BCUT2D eigenvalue weighted by Crippen LogP contribution is 2.36. The van der Waals surface area contributed by atoms with Crippen LogP contribution in [-0.4, -0.2) is 46.1 Å². The summed E-state index contributed by atoms with van der Waals surface area (Å²) in [5.74, 6) is -0.556. The van der Waals surface area contributed by atoms with Crippen molar-refractivity contribution in [3.63, 3.8) is 0 Å². The Kier molecular flexibility index (Phi) is 3.45. The Morgan fingerprint density at radius 2 is 2.18 bits per heavy atom. The standard InChI is InChI=1S/C10H13NO5S/c11-10(15)4-1-6(17-3-4)9-8(14)7(13)5(2-12)16-9/h1,3,5,7-9,12-14H,2H2,(H2,11,15)/t5-,7-,8-,9+/m1/s1. The largest absolute Gasteiger partial charge is 0.394 e. The molecule has 17 heavy (non-hydrogen) atoms. The summed E-state index contributed by atoms with van der Waals surface area (Å²) in [4.78, 5) is 11.5. The smallest absolute Gasteiger partial charge is 0.249 e. The molecule has 0 radical (unpaired) electrons. The molecule has 1 saturated heterocycles. The summed E-state index contributed by atoms with van der Waals surface area (Å²) in [6.07, 6.45) is -3.80. The molecule has 0 aromatic carbocycles. The van der Waals surface area contributed by atoms with Crippen molar-refractivity contribution < 1.29 is 24.9 Å². The predicted molar refractivity (Wildman–Crippen MR) is 59.6 cm³/mol. The van der Waals surface area contributed by atoms with Gasteiger partial charge in [0.2, 0.25) is 5.91 Å². The number of aliphatic hydroxyl groups is 3. The van der Waals surface area contributed by atoms with E-state index in [2.05, 4.69) is 0 Å². The zero-order valence-electron chi connectivity index (χ0n) is 8.81. The molecular weight excluding hydrogens is 246 g/mol. The molecule has 7 heteroatoms. The second-order valence-corrected chi connectivity index (χ2v) is 4.80. The minimum absolute atomic E-state index is 0.336. The first-order chi connectivity index (χ1) is 8.04. The van der Waals surface area contributed by atoms with E-state index in [-0.39, 0.29) is 6.61 Å². The molecule has 1 fully saturated rings. The lowest BCUT2D eigenvalue weighted by atomic mass is 10.1. The van der Waals surface area contributed by atoms with Crippen LogP contribution in [0, 0.1) is 0 Å². The summed E-state index contributed by atoms with van der Waals surface area (Å²) in [7, 11) is 0. The first kappa shape index (κ1) is 12.5. The average Bonchev–Trinajstić information content (AvgIpc) is 2.87. The number of hydrogen-bond acceptors (Lipinski definition) is 6. The van der Waals surface area contributed by atoms with Gasteiger partial charge in [0.05, 0.1) is 12.2 Å². The zero-order chi connectivity index (χ0) is 12.6.